The van der Waals surface area contributed by atoms with Crippen LogP contribution in [-0.2, 0) is 13.0 Å². The zero-order valence-electron chi connectivity index (χ0n) is 14.5. The number of nitrogens with zero attached hydrogens (tertiary/aromatic N) is 5. The third-order valence-electron chi connectivity index (χ3n) is 5.82. The van der Waals surface area contributed by atoms with Gasteiger partial charge in [0.15, 0.2) is 5.65 Å². The molecule has 5 heterocycles. The van der Waals surface area contributed by atoms with Crippen LogP contribution in [-0.4, -0.2) is 35.9 Å². The summed E-state index contributed by atoms with van der Waals surface area (Å²) in [7, 11) is 0. The molecule has 6 rings (SSSR count). The SMILES string of the molecule is Fc1ccc(-c2nn3c(c2-c2ccnc4[nH]ncc24)CC2(C3)CC2(F)F)nc1. The molecule has 1 spiro atoms. The molecule has 6 nitrogen and oxygen atoms in total. The van der Waals surface area contributed by atoms with Gasteiger partial charge in [-0.1, -0.05) is 0 Å². The van der Waals surface area contributed by atoms with Crippen LogP contribution in [0.4, 0.5) is 13.2 Å². The second kappa shape index (κ2) is 4.98. The Labute approximate surface area is 156 Å². The fraction of sp³-hybridized carbons (Fsp3) is 0.263. The molecule has 9 heteroatoms. The lowest BCUT2D eigenvalue weighted by atomic mass is 9.95. The summed E-state index contributed by atoms with van der Waals surface area (Å²) in [5, 5.41) is 12.2. The summed E-state index contributed by atoms with van der Waals surface area (Å²) >= 11 is 0. The number of nitrogens with one attached hydrogen (secondary N) is 1. The van der Waals surface area contributed by atoms with Gasteiger partial charge in [0, 0.05) is 35.7 Å². The van der Waals surface area contributed by atoms with E-state index in [1.165, 1.54) is 6.07 Å². The van der Waals surface area contributed by atoms with E-state index in [0.29, 0.717) is 17.0 Å². The lowest BCUT2D eigenvalue weighted by molar-refractivity contribution is 0.0630. The molecule has 0 aromatic carbocycles. The van der Waals surface area contributed by atoms with E-state index < -0.39 is 17.2 Å². The predicted molar refractivity (Wildman–Crippen MR) is 94.0 cm³/mol. The number of hydrogen-bond acceptors (Lipinski definition) is 4. The van der Waals surface area contributed by atoms with Crippen LogP contribution in [0.5, 0.6) is 0 Å². The third kappa shape index (κ3) is 1.98. The predicted octanol–water partition coefficient (Wildman–Crippen LogP) is 3.60. The van der Waals surface area contributed by atoms with Gasteiger partial charge in [0.05, 0.1) is 30.0 Å². The first-order valence-corrected chi connectivity index (χ1v) is 8.85. The first kappa shape index (κ1) is 15.8. The van der Waals surface area contributed by atoms with Gasteiger partial charge in [0.1, 0.15) is 11.5 Å². The van der Waals surface area contributed by atoms with Gasteiger partial charge < -0.3 is 0 Å². The van der Waals surface area contributed by atoms with Crippen molar-refractivity contribution in [2.45, 2.75) is 25.3 Å². The summed E-state index contributed by atoms with van der Waals surface area (Å²) < 4.78 is 43.1. The van der Waals surface area contributed by atoms with Crippen molar-refractivity contribution in [2.24, 2.45) is 5.41 Å². The Balaban J connectivity index is 1.60. The van der Waals surface area contributed by atoms with E-state index in [9.17, 15) is 13.2 Å². The lowest BCUT2D eigenvalue weighted by Crippen LogP contribution is -2.13. The van der Waals surface area contributed by atoms with E-state index >= 15 is 0 Å². The van der Waals surface area contributed by atoms with Crippen LogP contribution < -0.4 is 0 Å². The van der Waals surface area contributed by atoms with Crippen molar-refractivity contribution in [1.29, 1.82) is 0 Å². The molecule has 0 radical (unpaired) electrons. The maximum atomic E-state index is 14.0. The van der Waals surface area contributed by atoms with Crippen LogP contribution in [0.3, 0.4) is 0 Å². The van der Waals surface area contributed by atoms with Crippen molar-refractivity contribution in [1.82, 2.24) is 29.9 Å². The second-order valence-corrected chi connectivity index (χ2v) is 7.52. The second-order valence-electron chi connectivity index (χ2n) is 7.52. The summed E-state index contributed by atoms with van der Waals surface area (Å²) in [5.74, 6) is -3.11. The molecule has 0 amide bonds. The van der Waals surface area contributed by atoms with Crippen molar-refractivity contribution >= 4 is 11.0 Å². The summed E-state index contributed by atoms with van der Waals surface area (Å²) in [6.45, 7) is 0.170. The fourth-order valence-electron chi connectivity index (χ4n) is 4.26. The van der Waals surface area contributed by atoms with Gasteiger partial charge >= 0.3 is 0 Å². The van der Waals surface area contributed by atoms with E-state index in [-0.39, 0.29) is 19.4 Å². The fourth-order valence-corrected chi connectivity index (χ4v) is 4.26. The highest BCUT2D eigenvalue weighted by Gasteiger charge is 2.73. The molecule has 140 valence electrons. The van der Waals surface area contributed by atoms with Gasteiger partial charge in [-0.2, -0.15) is 10.2 Å². The Bertz CT molecular complexity index is 1240. The first-order valence-electron chi connectivity index (χ1n) is 8.85. The number of fused-ring (bicyclic) bond motifs is 2. The van der Waals surface area contributed by atoms with Crippen LogP contribution in [0.25, 0.3) is 33.5 Å². The maximum Gasteiger partial charge on any atom is 0.256 e. The summed E-state index contributed by atoms with van der Waals surface area (Å²) in [6, 6.07) is 4.68. The Kier molecular flexibility index (Phi) is 2.81. The molecule has 1 atom stereocenters. The van der Waals surface area contributed by atoms with Gasteiger partial charge in [-0.15, -0.1) is 0 Å². The number of rotatable bonds is 2. The average Bonchev–Trinajstić information content (AvgIpc) is 3.11. The number of aromatic amines is 1. The molecule has 4 aromatic rings. The molecule has 28 heavy (non-hydrogen) atoms. The topological polar surface area (TPSA) is 72.3 Å². The van der Waals surface area contributed by atoms with Crippen molar-refractivity contribution in [2.75, 3.05) is 0 Å². The molecule has 1 fully saturated rings. The van der Waals surface area contributed by atoms with Crippen molar-refractivity contribution in [3.05, 3.63) is 48.3 Å². The Morgan fingerprint density at radius 3 is 2.71 bits per heavy atom. The normalized spacial score (nSPS) is 22.1. The third-order valence-corrected chi connectivity index (χ3v) is 5.82. The van der Waals surface area contributed by atoms with Crippen molar-refractivity contribution in [3.63, 3.8) is 0 Å². The molecule has 0 bridgehead atoms. The molecule has 4 aromatic heterocycles. The van der Waals surface area contributed by atoms with Crippen LogP contribution in [0, 0.1) is 11.2 Å². The van der Waals surface area contributed by atoms with E-state index in [2.05, 4.69) is 25.3 Å². The van der Waals surface area contributed by atoms with E-state index in [4.69, 9.17) is 0 Å². The molecule has 1 N–H and O–H groups in total. The molecular formula is C19H13F3N6. The van der Waals surface area contributed by atoms with Crippen LogP contribution in [0.15, 0.2) is 36.8 Å². The monoisotopic (exact) mass is 382 g/mol. The molecule has 1 aliphatic carbocycles. The Morgan fingerprint density at radius 2 is 1.96 bits per heavy atom. The Hall–Kier alpha value is -3.23. The minimum atomic E-state index is -2.66. The van der Waals surface area contributed by atoms with Crippen LogP contribution >= 0.6 is 0 Å². The number of halogens is 3. The number of aromatic nitrogens is 6. The lowest BCUT2D eigenvalue weighted by Gasteiger charge is -2.09. The minimum absolute atomic E-state index is 0.121. The van der Waals surface area contributed by atoms with Gasteiger partial charge in [-0.25, -0.2) is 18.2 Å². The quantitative estimate of drug-likeness (QED) is 0.575. The van der Waals surface area contributed by atoms with Crippen molar-refractivity contribution < 1.29 is 13.2 Å². The van der Waals surface area contributed by atoms with E-state index in [0.717, 1.165) is 28.4 Å². The van der Waals surface area contributed by atoms with Gasteiger partial charge in [-0.05, 0) is 23.8 Å². The summed E-state index contributed by atoms with van der Waals surface area (Å²) in [4.78, 5) is 8.41. The number of hydrogen-bond donors (Lipinski definition) is 1. The number of H-pyrrole nitrogens is 1. The smallest absolute Gasteiger partial charge is 0.256 e. The van der Waals surface area contributed by atoms with Crippen molar-refractivity contribution in [3.8, 4) is 22.5 Å². The average molecular weight is 382 g/mol. The Morgan fingerprint density at radius 1 is 1.11 bits per heavy atom. The minimum Gasteiger partial charge on any atom is -0.267 e. The highest BCUT2D eigenvalue weighted by atomic mass is 19.3. The molecule has 1 unspecified atom stereocenters. The van der Waals surface area contributed by atoms with Gasteiger partial charge in [0.2, 0.25) is 0 Å². The van der Waals surface area contributed by atoms with Gasteiger partial charge in [-0.3, -0.25) is 14.8 Å². The summed E-state index contributed by atoms with van der Waals surface area (Å²) in [6.07, 6.45) is 4.54. The zero-order valence-corrected chi connectivity index (χ0v) is 14.5. The van der Waals surface area contributed by atoms with Crippen LogP contribution in [0.2, 0.25) is 0 Å². The van der Waals surface area contributed by atoms with Crippen LogP contribution in [0.1, 0.15) is 12.1 Å². The largest absolute Gasteiger partial charge is 0.267 e. The molecular weight excluding hydrogens is 369 g/mol. The molecule has 1 aliphatic heterocycles. The highest BCUT2D eigenvalue weighted by Crippen LogP contribution is 2.66. The van der Waals surface area contributed by atoms with Gasteiger partial charge in [0.25, 0.3) is 5.92 Å². The van der Waals surface area contributed by atoms with E-state index in [1.54, 1.807) is 23.1 Å². The first-order chi connectivity index (χ1) is 13.5. The number of alkyl halides is 2. The van der Waals surface area contributed by atoms with E-state index in [1.807, 2.05) is 6.07 Å². The highest BCUT2D eigenvalue weighted by molar-refractivity contribution is 5.97. The zero-order chi connectivity index (χ0) is 19.1. The standard InChI is InChI=1S/C19H13F3N6/c20-10-1-2-13(24-6-10)16-15(11-3-4-23-17-12(11)7-25-26-17)14-5-18(8-19(18,21)22)9-28(14)27-16/h1-4,6-7H,5,8-9H2,(H,23,25,26). The number of pyridine rings is 2. The molecule has 0 saturated heterocycles. The summed E-state index contributed by atoms with van der Waals surface area (Å²) in [5.41, 5.74) is 2.86. The molecule has 2 aliphatic rings. The maximum absolute atomic E-state index is 14.0. The molecule has 1 saturated carbocycles.